The van der Waals surface area contributed by atoms with Gasteiger partial charge < -0.3 is 9.72 Å². The Labute approximate surface area is 121 Å². The Morgan fingerprint density at radius 2 is 2.10 bits per heavy atom. The molecule has 0 radical (unpaired) electrons. The lowest BCUT2D eigenvalue weighted by molar-refractivity contribution is -0.0600. The van der Waals surface area contributed by atoms with Crippen molar-refractivity contribution in [3.8, 4) is 0 Å². The molecule has 0 spiro atoms. The summed E-state index contributed by atoms with van der Waals surface area (Å²) in [7, 11) is 1.73. The fraction of sp³-hybridized carbons (Fsp3) is 0.750. The summed E-state index contributed by atoms with van der Waals surface area (Å²) < 4.78 is 5.80. The van der Waals surface area contributed by atoms with Crippen molar-refractivity contribution in [3.63, 3.8) is 0 Å². The van der Waals surface area contributed by atoms with Gasteiger partial charge in [-0.1, -0.05) is 20.8 Å². The highest BCUT2D eigenvalue weighted by molar-refractivity contribution is 5.10. The lowest BCUT2D eigenvalue weighted by Gasteiger charge is -2.37. The molecule has 4 heteroatoms. The Morgan fingerprint density at radius 3 is 2.65 bits per heavy atom. The summed E-state index contributed by atoms with van der Waals surface area (Å²) in [6.07, 6.45) is 4.92. The van der Waals surface area contributed by atoms with Crippen molar-refractivity contribution >= 4 is 0 Å². The first-order valence-electron chi connectivity index (χ1n) is 7.61. The van der Waals surface area contributed by atoms with E-state index >= 15 is 0 Å². The maximum Gasteiger partial charge on any atom is 0.251 e. The molecular weight excluding hydrogens is 252 g/mol. The van der Waals surface area contributed by atoms with Crippen LogP contribution in [-0.4, -0.2) is 17.1 Å². The van der Waals surface area contributed by atoms with Crippen molar-refractivity contribution in [2.45, 2.75) is 58.5 Å². The SMILES string of the molecule is COC1(c2nc(CC(C)C)cc(=O)[nH]2)CCC(C)CC1. The number of nitrogens with zero attached hydrogens (tertiary/aromatic N) is 1. The smallest absolute Gasteiger partial charge is 0.251 e. The van der Waals surface area contributed by atoms with Gasteiger partial charge in [-0.2, -0.15) is 0 Å². The molecule has 0 aliphatic heterocycles. The second-order valence-corrected chi connectivity index (χ2v) is 6.56. The summed E-state index contributed by atoms with van der Waals surface area (Å²) in [6, 6.07) is 1.61. The van der Waals surface area contributed by atoms with Crippen molar-refractivity contribution in [3.05, 3.63) is 27.9 Å². The lowest BCUT2D eigenvalue weighted by atomic mass is 9.79. The van der Waals surface area contributed by atoms with Gasteiger partial charge in [0.05, 0.1) is 0 Å². The topological polar surface area (TPSA) is 55.0 Å². The standard InChI is InChI=1S/C16H26N2O2/c1-11(2)9-13-10-14(19)18-15(17-13)16(20-4)7-5-12(3)6-8-16/h10-12H,5-9H2,1-4H3,(H,17,18,19). The molecule has 0 bridgehead atoms. The van der Waals surface area contributed by atoms with Gasteiger partial charge in [-0.25, -0.2) is 4.98 Å². The number of hydrogen-bond donors (Lipinski definition) is 1. The van der Waals surface area contributed by atoms with E-state index in [1.54, 1.807) is 13.2 Å². The Bertz CT molecular complexity index is 499. The molecule has 1 aliphatic carbocycles. The van der Waals surface area contributed by atoms with Gasteiger partial charge in [0.15, 0.2) is 0 Å². The number of nitrogens with one attached hydrogen (secondary N) is 1. The summed E-state index contributed by atoms with van der Waals surface area (Å²) in [5.74, 6) is 1.93. The third kappa shape index (κ3) is 3.29. The van der Waals surface area contributed by atoms with Crippen LogP contribution < -0.4 is 5.56 Å². The van der Waals surface area contributed by atoms with Crippen molar-refractivity contribution < 1.29 is 4.74 Å². The van der Waals surface area contributed by atoms with Crippen LogP contribution in [0.1, 0.15) is 58.0 Å². The van der Waals surface area contributed by atoms with Crippen molar-refractivity contribution in [1.82, 2.24) is 9.97 Å². The molecular formula is C16H26N2O2. The number of rotatable bonds is 4. The largest absolute Gasteiger partial charge is 0.370 e. The number of aromatic amines is 1. The summed E-state index contributed by atoms with van der Waals surface area (Å²) in [4.78, 5) is 19.5. The fourth-order valence-electron chi connectivity index (χ4n) is 3.01. The van der Waals surface area contributed by atoms with E-state index in [2.05, 4.69) is 30.7 Å². The first-order chi connectivity index (χ1) is 9.45. The molecule has 1 N–H and O–H groups in total. The van der Waals surface area contributed by atoms with Gasteiger partial charge in [0, 0.05) is 18.9 Å². The predicted octanol–water partition coefficient (Wildman–Crippen LogP) is 3.02. The maximum absolute atomic E-state index is 11.9. The number of ether oxygens (including phenoxy) is 1. The van der Waals surface area contributed by atoms with Crippen LogP contribution in [-0.2, 0) is 16.8 Å². The van der Waals surface area contributed by atoms with Crippen molar-refractivity contribution in [1.29, 1.82) is 0 Å². The molecule has 112 valence electrons. The van der Waals surface area contributed by atoms with E-state index in [0.717, 1.165) is 49.5 Å². The van der Waals surface area contributed by atoms with Crippen LogP contribution in [0.15, 0.2) is 10.9 Å². The minimum Gasteiger partial charge on any atom is -0.370 e. The molecule has 1 aromatic rings. The molecule has 0 atom stereocenters. The lowest BCUT2D eigenvalue weighted by Crippen LogP contribution is -2.37. The second-order valence-electron chi connectivity index (χ2n) is 6.56. The highest BCUT2D eigenvalue weighted by Gasteiger charge is 2.38. The monoisotopic (exact) mass is 278 g/mol. The molecule has 20 heavy (non-hydrogen) atoms. The van der Waals surface area contributed by atoms with Crippen LogP contribution in [0.3, 0.4) is 0 Å². The average molecular weight is 278 g/mol. The molecule has 0 amide bonds. The third-order valence-corrected chi connectivity index (χ3v) is 4.32. The average Bonchev–Trinajstić information content (AvgIpc) is 2.38. The number of aromatic nitrogens is 2. The van der Waals surface area contributed by atoms with E-state index in [9.17, 15) is 4.79 Å². The summed E-state index contributed by atoms with van der Waals surface area (Å²) >= 11 is 0. The third-order valence-electron chi connectivity index (χ3n) is 4.32. The van der Waals surface area contributed by atoms with Crippen molar-refractivity contribution in [2.24, 2.45) is 11.8 Å². The summed E-state index contributed by atoms with van der Waals surface area (Å²) in [5, 5.41) is 0. The quantitative estimate of drug-likeness (QED) is 0.921. The summed E-state index contributed by atoms with van der Waals surface area (Å²) in [5.41, 5.74) is 0.396. The maximum atomic E-state index is 11.9. The zero-order valence-electron chi connectivity index (χ0n) is 13.0. The molecule has 0 unspecified atom stereocenters. The van der Waals surface area contributed by atoms with Gasteiger partial charge in [-0.05, 0) is 43.9 Å². The minimum absolute atomic E-state index is 0.0688. The molecule has 1 aromatic heterocycles. The Kier molecular flexibility index (Phi) is 4.63. The second kappa shape index (κ2) is 6.08. The first kappa shape index (κ1) is 15.2. The number of H-pyrrole nitrogens is 1. The molecule has 1 fully saturated rings. The Morgan fingerprint density at radius 1 is 1.45 bits per heavy atom. The molecule has 0 saturated heterocycles. The van der Waals surface area contributed by atoms with E-state index in [0.29, 0.717) is 5.92 Å². The zero-order valence-corrected chi connectivity index (χ0v) is 13.0. The Balaban J connectivity index is 2.34. The molecule has 1 heterocycles. The molecule has 4 nitrogen and oxygen atoms in total. The van der Waals surface area contributed by atoms with Crippen LogP contribution in [0.5, 0.6) is 0 Å². The fourth-order valence-corrected chi connectivity index (χ4v) is 3.01. The van der Waals surface area contributed by atoms with Gasteiger partial charge in [-0.3, -0.25) is 4.79 Å². The van der Waals surface area contributed by atoms with Gasteiger partial charge in [0.1, 0.15) is 11.4 Å². The number of methoxy groups -OCH3 is 1. The van der Waals surface area contributed by atoms with Crippen LogP contribution in [0.25, 0.3) is 0 Å². The van der Waals surface area contributed by atoms with Gasteiger partial charge in [-0.15, -0.1) is 0 Å². The zero-order chi connectivity index (χ0) is 14.8. The van der Waals surface area contributed by atoms with E-state index in [-0.39, 0.29) is 5.56 Å². The van der Waals surface area contributed by atoms with E-state index in [4.69, 9.17) is 4.74 Å². The van der Waals surface area contributed by atoms with Crippen LogP contribution in [0, 0.1) is 11.8 Å². The van der Waals surface area contributed by atoms with Gasteiger partial charge in [0.25, 0.3) is 5.56 Å². The molecule has 1 aliphatic rings. The molecule has 0 aromatic carbocycles. The van der Waals surface area contributed by atoms with Gasteiger partial charge in [0.2, 0.25) is 0 Å². The summed E-state index contributed by atoms with van der Waals surface area (Å²) in [6.45, 7) is 6.54. The highest BCUT2D eigenvalue weighted by Crippen LogP contribution is 2.40. The highest BCUT2D eigenvalue weighted by atomic mass is 16.5. The molecule has 2 rings (SSSR count). The molecule has 1 saturated carbocycles. The normalized spacial score (nSPS) is 26.9. The van der Waals surface area contributed by atoms with E-state index < -0.39 is 5.60 Å². The Hall–Kier alpha value is -1.16. The van der Waals surface area contributed by atoms with Gasteiger partial charge >= 0.3 is 0 Å². The van der Waals surface area contributed by atoms with Crippen LogP contribution >= 0.6 is 0 Å². The van der Waals surface area contributed by atoms with Crippen molar-refractivity contribution in [2.75, 3.05) is 7.11 Å². The van der Waals surface area contributed by atoms with Crippen LogP contribution in [0.2, 0.25) is 0 Å². The first-order valence-corrected chi connectivity index (χ1v) is 7.61. The predicted molar refractivity (Wildman–Crippen MR) is 79.7 cm³/mol. The minimum atomic E-state index is -0.404. The number of hydrogen-bond acceptors (Lipinski definition) is 3. The van der Waals surface area contributed by atoms with E-state index in [1.807, 2.05) is 0 Å². The van der Waals surface area contributed by atoms with E-state index in [1.165, 1.54) is 0 Å². The van der Waals surface area contributed by atoms with Crippen LogP contribution in [0.4, 0.5) is 0 Å².